The molecule has 0 saturated carbocycles. The smallest absolute Gasteiger partial charge is 0.307 e. The van der Waals surface area contributed by atoms with E-state index < -0.39 is 5.97 Å². The summed E-state index contributed by atoms with van der Waals surface area (Å²) in [4.78, 5) is 22.3. The number of nitrogens with one attached hydrogen (secondary N) is 1. The first-order chi connectivity index (χ1) is 7.65. The Bertz CT molecular complexity index is 412. The SMILES string of the molecule is C=CCNC(=O)c1ccccc1CC(=O)O. The molecule has 0 aliphatic heterocycles. The molecular weight excluding hydrogens is 206 g/mol. The van der Waals surface area contributed by atoms with E-state index in [2.05, 4.69) is 11.9 Å². The highest BCUT2D eigenvalue weighted by molar-refractivity contribution is 5.96. The first-order valence-electron chi connectivity index (χ1n) is 4.84. The highest BCUT2D eigenvalue weighted by Gasteiger charge is 2.11. The molecule has 0 fully saturated rings. The summed E-state index contributed by atoms with van der Waals surface area (Å²) >= 11 is 0. The third-order valence-electron chi connectivity index (χ3n) is 2.01. The molecule has 0 atom stereocenters. The van der Waals surface area contributed by atoms with Crippen LogP contribution in [0.3, 0.4) is 0 Å². The lowest BCUT2D eigenvalue weighted by molar-refractivity contribution is -0.136. The molecule has 0 spiro atoms. The number of carboxylic acids is 1. The predicted molar refractivity (Wildman–Crippen MR) is 60.3 cm³/mol. The number of rotatable bonds is 5. The van der Waals surface area contributed by atoms with Gasteiger partial charge in [-0.05, 0) is 11.6 Å². The summed E-state index contributed by atoms with van der Waals surface area (Å²) in [5.74, 6) is -1.24. The van der Waals surface area contributed by atoms with Crippen LogP contribution in [-0.2, 0) is 11.2 Å². The van der Waals surface area contributed by atoms with Crippen LogP contribution in [0.4, 0.5) is 0 Å². The molecule has 0 saturated heterocycles. The van der Waals surface area contributed by atoms with Crippen molar-refractivity contribution >= 4 is 11.9 Å². The Morgan fingerprint density at radius 1 is 1.38 bits per heavy atom. The van der Waals surface area contributed by atoms with Gasteiger partial charge in [-0.1, -0.05) is 24.3 Å². The monoisotopic (exact) mass is 219 g/mol. The van der Waals surface area contributed by atoms with E-state index in [9.17, 15) is 9.59 Å². The van der Waals surface area contributed by atoms with Crippen LogP contribution in [-0.4, -0.2) is 23.5 Å². The molecule has 0 bridgehead atoms. The van der Waals surface area contributed by atoms with Gasteiger partial charge in [-0.25, -0.2) is 0 Å². The molecule has 1 rings (SSSR count). The number of aliphatic carboxylic acids is 1. The number of amides is 1. The van der Waals surface area contributed by atoms with E-state index in [1.807, 2.05) is 0 Å². The Morgan fingerprint density at radius 2 is 2.06 bits per heavy atom. The predicted octanol–water partition coefficient (Wildman–Crippen LogP) is 1.23. The normalized spacial score (nSPS) is 9.50. The molecule has 0 aliphatic carbocycles. The minimum atomic E-state index is -0.955. The zero-order valence-corrected chi connectivity index (χ0v) is 8.77. The van der Waals surface area contributed by atoms with Crippen LogP contribution < -0.4 is 5.32 Å². The van der Waals surface area contributed by atoms with Crippen molar-refractivity contribution in [2.24, 2.45) is 0 Å². The number of carbonyl (C=O) groups excluding carboxylic acids is 1. The van der Waals surface area contributed by atoms with E-state index in [0.29, 0.717) is 17.7 Å². The zero-order chi connectivity index (χ0) is 12.0. The first-order valence-corrected chi connectivity index (χ1v) is 4.84. The molecule has 1 amide bonds. The van der Waals surface area contributed by atoms with Crippen molar-refractivity contribution in [1.29, 1.82) is 0 Å². The number of hydrogen-bond donors (Lipinski definition) is 2. The van der Waals surface area contributed by atoms with Crippen molar-refractivity contribution < 1.29 is 14.7 Å². The van der Waals surface area contributed by atoms with Crippen molar-refractivity contribution in [1.82, 2.24) is 5.32 Å². The lowest BCUT2D eigenvalue weighted by Crippen LogP contribution is -2.24. The van der Waals surface area contributed by atoms with Gasteiger partial charge >= 0.3 is 5.97 Å². The molecular formula is C12H13NO3. The number of benzene rings is 1. The number of carboxylic acid groups (broad SMARTS) is 1. The highest BCUT2D eigenvalue weighted by Crippen LogP contribution is 2.09. The Hall–Kier alpha value is -2.10. The second-order valence-corrected chi connectivity index (χ2v) is 3.23. The molecule has 0 aliphatic rings. The van der Waals surface area contributed by atoms with Gasteiger partial charge in [0.05, 0.1) is 6.42 Å². The molecule has 4 nitrogen and oxygen atoms in total. The van der Waals surface area contributed by atoms with Gasteiger partial charge in [-0.15, -0.1) is 6.58 Å². The van der Waals surface area contributed by atoms with Crippen LogP contribution in [0.1, 0.15) is 15.9 Å². The van der Waals surface area contributed by atoms with Gasteiger partial charge in [0.2, 0.25) is 0 Å². The van der Waals surface area contributed by atoms with Crippen LogP contribution in [0.25, 0.3) is 0 Å². The summed E-state index contributed by atoms with van der Waals surface area (Å²) in [7, 11) is 0. The maximum absolute atomic E-state index is 11.7. The topological polar surface area (TPSA) is 66.4 Å². The maximum Gasteiger partial charge on any atom is 0.307 e. The molecule has 4 heteroatoms. The molecule has 0 aromatic heterocycles. The van der Waals surface area contributed by atoms with Gasteiger partial charge < -0.3 is 10.4 Å². The Morgan fingerprint density at radius 3 is 2.69 bits per heavy atom. The lowest BCUT2D eigenvalue weighted by Gasteiger charge is -2.07. The summed E-state index contributed by atoms with van der Waals surface area (Å²) in [6.45, 7) is 3.85. The maximum atomic E-state index is 11.7. The third-order valence-corrected chi connectivity index (χ3v) is 2.01. The quantitative estimate of drug-likeness (QED) is 0.732. The summed E-state index contributed by atoms with van der Waals surface area (Å²) in [6.07, 6.45) is 1.41. The lowest BCUT2D eigenvalue weighted by atomic mass is 10.0. The summed E-state index contributed by atoms with van der Waals surface area (Å²) in [5.41, 5.74) is 0.906. The second-order valence-electron chi connectivity index (χ2n) is 3.23. The minimum Gasteiger partial charge on any atom is -0.481 e. The first kappa shape index (κ1) is 12.0. The minimum absolute atomic E-state index is 0.155. The van der Waals surface area contributed by atoms with Crippen molar-refractivity contribution in [2.45, 2.75) is 6.42 Å². The fourth-order valence-electron chi connectivity index (χ4n) is 1.32. The van der Waals surface area contributed by atoms with Crippen molar-refractivity contribution in [3.63, 3.8) is 0 Å². The van der Waals surface area contributed by atoms with Crippen LogP contribution in [0.5, 0.6) is 0 Å². The summed E-state index contributed by atoms with van der Waals surface area (Å²) in [6, 6.07) is 6.66. The van der Waals surface area contributed by atoms with Crippen LogP contribution in [0.15, 0.2) is 36.9 Å². The van der Waals surface area contributed by atoms with E-state index in [-0.39, 0.29) is 12.3 Å². The fourth-order valence-corrected chi connectivity index (χ4v) is 1.32. The van der Waals surface area contributed by atoms with E-state index in [1.165, 1.54) is 0 Å². The molecule has 0 radical (unpaired) electrons. The average Bonchev–Trinajstić information content (AvgIpc) is 2.26. The average molecular weight is 219 g/mol. The van der Waals surface area contributed by atoms with Gasteiger partial charge in [-0.2, -0.15) is 0 Å². The molecule has 0 unspecified atom stereocenters. The Kier molecular flexibility index (Phi) is 4.27. The van der Waals surface area contributed by atoms with Gasteiger partial charge in [-0.3, -0.25) is 9.59 Å². The van der Waals surface area contributed by atoms with E-state index in [1.54, 1.807) is 30.3 Å². The van der Waals surface area contributed by atoms with Crippen LogP contribution in [0, 0.1) is 0 Å². The molecule has 16 heavy (non-hydrogen) atoms. The van der Waals surface area contributed by atoms with Crippen LogP contribution >= 0.6 is 0 Å². The zero-order valence-electron chi connectivity index (χ0n) is 8.77. The van der Waals surface area contributed by atoms with Crippen molar-refractivity contribution in [2.75, 3.05) is 6.54 Å². The fraction of sp³-hybridized carbons (Fsp3) is 0.167. The molecule has 84 valence electrons. The third kappa shape index (κ3) is 3.24. The largest absolute Gasteiger partial charge is 0.481 e. The van der Waals surface area contributed by atoms with Crippen molar-refractivity contribution in [3.8, 4) is 0 Å². The molecule has 1 aromatic rings. The van der Waals surface area contributed by atoms with Crippen molar-refractivity contribution in [3.05, 3.63) is 48.0 Å². The number of carbonyl (C=O) groups is 2. The second kappa shape index (κ2) is 5.70. The van der Waals surface area contributed by atoms with E-state index in [4.69, 9.17) is 5.11 Å². The Balaban J connectivity index is 2.89. The summed E-state index contributed by atoms with van der Waals surface area (Å²) < 4.78 is 0. The van der Waals surface area contributed by atoms with Gasteiger partial charge in [0, 0.05) is 12.1 Å². The van der Waals surface area contributed by atoms with Gasteiger partial charge in [0.15, 0.2) is 0 Å². The van der Waals surface area contributed by atoms with Crippen LogP contribution in [0.2, 0.25) is 0 Å². The van der Waals surface area contributed by atoms with E-state index in [0.717, 1.165) is 0 Å². The van der Waals surface area contributed by atoms with Gasteiger partial charge in [0.1, 0.15) is 0 Å². The molecule has 0 heterocycles. The molecule has 1 aromatic carbocycles. The standard InChI is InChI=1S/C12H13NO3/c1-2-7-13-12(16)10-6-4-3-5-9(10)8-11(14)15/h2-6H,1,7-8H2,(H,13,16)(H,14,15). The highest BCUT2D eigenvalue weighted by atomic mass is 16.4. The van der Waals surface area contributed by atoms with Gasteiger partial charge in [0.25, 0.3) is 5.91 Å². The number of hydrogen-bond acceptors (Lipinski definition) is 2. The van der Waals surface area contributed by atoms with E-state index >= 15 is 0 Å². The molecule has 2 N–H and O–H groups in total. The summed E-state index contributed by atoms with van der Waals surface area (Å²) in [5, 5.41) is 11.3. The Labute approximate surface area is 93.6 Å².